The molecule has 0 radical (unpaired) electrons. The predicted octanol–water partition coefficient (Wildman–Crippen LogP) is 3.06. The first-order valence-electron chi connectivity index (χ1n) is 4.85. The number of hydrogen-bond donors (Lipinski definition) is 0. The number of nitrogens with zero attached hydrogens (tertiary/aromatic N) is 3. The lowest BCUT2D eigenvalue weighted by Crippen LogP contribution is -2.36. The Hall–Kier alpha value is -1.38. The lowest BCUT2D eigenvalue weighted by molar-refractivity contribution is 0.500. The highest BCUT2D eigenvalue weighted by Crippen LogP contribution is 2.24. The second-order valence-corrected chi connectivity index (χ2v) is 6.54. The van der Waals surface area contributed by atoms with Crippen LogP contribution in [0.1, 0.15) is 11.1 Å². The summed E-state index contributed by atoms with van der Waals surface area (Å²) in [5.74, 6) is -0.770. The van der Waals surface area contributed by atoms with E-state index in [1.165, 1.54) is 0 Å². The third-order valence-corrected chi connectivity index (χ3v) is 3.36. The molecule has 0 saturated heterocycles. The third kappa shape index (κ3) is 4.34. The molecule has 0 unspecified atom stereocenters. The van der Waals surface area contributed by atoms with Gasteiger partial charge in [-0.1, -0.05) is 16.7 Å². The third-order valence-electron chi connectivity index (χ3n) is 2.38. The fourth-order valence-corrected chi connectivity index (χ4v) is 2.59. The molecule has 1 rings (SSSR count). The molecule has 0 heterocycles. The monoisotopic (exact) mass is 312 g/mol. The summed E-state index contributed by atoms with van der Waals surface area (Å²) in [5, 5.41) is 3.07. The summed E-state index contributed by atoms with van der Waals surface area (Å²) in [6.45, 7) is -4.21. The molecule has 0 saturated carbocycles. The number of rotatable bonds is 4. The van der Waals surface area contributed by atoms with Gasteiger partial charge < -0.3 is 12.9 Å². The zero-order valence-corrected chi connectivity index (χ0v) is 11.1. The molecule has 1 aromatic rings. The first kappa shape index (κ1) is 15.7. The minimum atomic E-state index is -5.35. The maximum absolute atomic E-state index is 12.8. The molecule has 0 spiro atoms. The first-order chi connectivity index (χ1) is 8.54. The van der Waals surface area contributed by atoms with E-state index in [4.69, 9.17) is 16.2 Å². The summed E-state index contributed by atoms with van der Waals surface area (Å²) in [6, 6.07) is 1.75. The smallest absolute Gasteiger partial charge is 0.445 e. The van der Waals surface area contributed by atoms with Crippen molar-refractivity contribution in [2.75, 3.05) is 0 Å². The highest BCUT2D eigenvalue weighted by atomic mass is 35.7. The topological polar surface area (TPSA) is 82.9 Å². The van der Waals surface area contributed by atoms with Crippen molar-refractivity contribution in [3.63, 3.8) is 0 Å². The molecule has 0 fully saturated rings. The molecule has 5 nitrogen and oxygen atoms in total. The highest BCUT2D eigenvalue weighted by molar-refractivity contribution is 8.13. The summed E-state index contributed by atoms with van der Waals surface area (Å²) < 4.78 is 60.4. The van der Waals surface area contributed by atoms with Crippen LogP contribution in [0.3, 0.4) is 0 Å². The van der Waals surface area contributed by atoms with Crippen LogP contribution in [-0.4, -0.2) is 15.4 Å². The van der Waals surface area contributed by atoms with E-state index < -0.39 is 27.2 Å². The molecule has 0 bridgehead atoms. The van der Waals surface area contributed by atoms with Gasteiger partial charge in [0.25, 0.3) is 0 Å². The van der Waals surface area contributed by atoms with Crippen LogP contribution in [-0.2, 0) is 14.8 Å². The molecule has 104 valence electrons. The largest absolute Gasteiger partial charge is 0.509 e. The zero-order chi connectivity index (χ0) is 14.8. The van der Waals surface area contributed by atoms with Crippen LogP contribution in [0.4, 0.5) is 18.6 Å². The Morgan fingerprint density at radius 1 is 1.42 bits per heavy atom. The quantitative estimate of drug-likeness (QED) is 0.281. The highest BCUT2D eigenvalue weighted by Gasteiger charge is 2.29. The van der Waals surface area contributed by atoms with Crippen molar-refractivity contribution in [3.05, 3.63) is 33.7 Å². The normalized spacial score (nSPS) is 12.1. The van der Waals surface area contributed by atoms with Gasteiger partial charge in [0.15, 0.2) is 0 Å². The van der Waals surface area contributed by atoms with E-state index >= 15 is 0 Å². The van der Waals surface area contributed by atoms with Gasteiger partial charge in [-0.3, -0.25) is 0 Å². The lowest BCUT2D eigenvalue weighted by Gasteiger charge is -2.20. The van der Waals surface area contributed by atoms with Crippen molar-refractivity contribution in [1.82, 2.24) is 0 Å². The minimum Gasteiger partial charge on any atom is -0.445 e. The van der Waals surface area contributed by atoms with Crippen molar-refractivity contribution >= 4 is 37.9 Å². The van der Waals surface area contributed by atoms with E-state index in [0.29, 0.717) is 6.07 Å². The van der Waals surface area contributed by atoms with Crippen LogP contribution < -0.4 is 5.46 Å². The molecule has 0 aromatic heterocycles. The molecule has 0 aliphatic heterocycles. The zero-order valence-electron chi connectivity index (χ0n) is 9.52. The molecule has 0 N–H and O–H groups in total. The van der Waals surface area contributed by atoms with Crippen LogP contribution in [0.15, 0.2) is 17.2 Å². The average molecular weight is 312 g/mol. The van der Waals surface area contributed by atoms with E-state index in [0.717, 1.165) is 13.0 Å². The number of benzene rings is 1. The van der Waals surface area contributed by atoms with Crippen molar-refractivity contribution in [2.24, 2.45) is 5.11 Å². The fourth-order valence-electron chi connectivity index (χ4n) is 1.57. The molecule has 11 heteroatoms. The fraction of sp³-hybridized carbons (Fsp3) is 0.250. The van der Waals surface area contributed by atoms with Crippen molar-refractivity contribution in [2.45, 2.75) is 12.7 Å². The van der Waals surface area contributed by atoms with E-state index in [9.17, 15) is 21.4 Å². The van der Waals surface area contributed by atoms with Gasteiger partial charge in [-0.05, 0) is 24.1 Å². The van der Waals surface area contributed by atoms with E-state index in [2.05, 4.69) is 10.0 Å². The SMILES string of the molecule is Cc1c(CS(=O)(=O)Cl)cc(N=[N+]=[N-])cc1[B-](F)(F)F. The van der Waals surface area contributed by atoms with E-state index in [-0.39, 0.29) is 16.8 Å². The molecule has 19 heavy (non-hydrogen) atoms. The first-order valence-corrected chi connectivity index (χ1v) is 7.33. The van der Waals surface area contributed by atoms with Crippen LogP contribution in [0, 0.1) is 6.92 Å². The van der Waals surface area contributed by atoms with Crippen molar-refractivity contribution < 1.29 is 21.4 Å². The minimum absolute atomic E-state index is 0.144. The Balaban J connectivity index is 3.54. The van der Waals surface area contributed by atoms with Gasteiger partial charge in [0.05, 0.1) is 5.75 Å². The van der Waals surface area contributed by atoms with Gasteiger partial charge in [0, 0.05) is 21.3 Å². The molecule has 0 aliphatic carbocycles. The molecule has 1 aromatic carbocycles. The van der Waals surface area contributed by atoms with Gasteiger partial charge in [0.1, 0.15) is 0 Å². The Bertz CT molecular complexity index is 656. The van der Waals surface area contributed by atoms with E-state index in [1.54, 1.807) is 0 Å². The molecule has 0 aliphatic rings. The average Bonchev–Trinajstić information content (AvgIpc) is 2.19. The Kier molecular flexibility index (Phi) is 4.39. The van der Waals surface area contributed by atoms with Gasteiger partial charge in [-0.25, -0.2) is 8.42 Å². The van der Waals surface area contributed by atoms with E-state index in [1.807, 2.05) is 0 Å². The van der Waals surface area contributed by atoms with Crippen LogP contribution in [0.5, 0.6) is 0 Å². The second kappa shape index (κ2) is 5.32. The molecular weight excluding hydrogens is 305 g/mol. The summed E-state index contributed by atoms with van der Waals surface area (Å²) in [7, 11) is 1.01. The molecule has 0 amide bonds. The van der Waals surface area contributed by atoms with Gasteiger partial charge >= 0.3 is 6.98 Å². The summed E-state index contributed by atoms with van der Waals surface area (Å²) in [6.07, 6.45) is 0. The summed E-state index contributed by atoms with van der Waals surface area (Å²) in [5.41, 5.74) is 6.55. The van der Waals surface area contributed by atoms with Gasteiger partial charge in [-0.15, -0.1) is 5.46 Å². The standard InChI is InChI=1S/C8H7BClF3N3O2S/c1-5-6(4-19(10,17)18)2-7(15-16-14)3-8(5)9(11,12)13/h2-3H,4H2,1H3/q-1. The number of halogens is 4. The van der Waals surface area contributed by atoms with Crippen molar-refractivity contribution in [1.29, 1.82) is 0 Å². The number of azide groups is 1. The second-order valence-electron chi connectivity index (χ2n) is 3.77. The van der Waals surface area contributed by atoms with Crippen LogP contribution in [0.25, 0.3) is 10.4 Å². The molecular formula is C8H7BClF3N3O2S-. The Labute approximate surface area is 111 Å². The van der Waals surface area contributed by atoms with Crippen molar-refractivity contribution in [3.8, 4) is 0 Å². The van der Waals surface area contributed by atoms with Gasteiger partial charge in [0.2, 0.25) is 9.05 Å². The molecule has 0 atom stereocenters. The lowest BCUT2D eigenvalue weighted by atomic mass is 9.75. The maximum Gasteiger partial charge on any atom is 0.509 e. The summed E-state index contributed by atoms with van der Waals surface area (Å²) in [4.78, 5) is 2.38. The number of hydrogen-bond acceptors (Lipinski definition) is 3. The maximum atomic E-state index is 12.8. The van der Waals surface area contributed by atoms with Crippen LogP contribution >= 0.6 is 10.7 Å². The summed E-state index contributed by atoms with van der Waals surface area (Å²) >= 11 is 0. The Morgan fingerprint density at radius 3 is 2.42 bits per heavy atom. The Morgan fingerprint density at radius 2 is 2.00 bits per heavy atom. The van der Waals surface area contributed by atoms with Gasteiger partial charge in [-0.2, -0.15) is 0 Å². The predicted molar refractivity (Wildman–Crippen MR) is 67.2 cm³/mol. The van der Waals surface area contributed by atoms with Crippen LogP contribution in [0.2, 0.25) is 0 Å².